The first-order valence-electron chi connectivity index (χ1n) is 10.4. The molecule has 2 heterocycles. The maximum atomic E-state index is 15.3. The Morgan fingerprint density at radius 2 is 1.90 bits per heavy atom. The minimum atomic E-state index is -3.94. The highest BCUT2D eigenvalue weighted by Crippen LogP contribution is 2.40. The van der Waals surface area contributed by atoms with Crippen molar-refractivity contribution >= 4 is 26.6 Å². The summed E-state index contributed by atoms with van der Waals surface area (Å²) in [6.07, 6.45) is 2.51. The third-order valence-electron chi connectivity index (χ3n) is 6.40. The number of aryl methyl sites for hydroxylation is 1. The summed E-state index contributed by atoms with van der Waals surface area (Å²) in [6.45, 7) is 5.16. The number of anilines is 1. The number of pyridine rings is 1. The number of sulfonamides is 1. The molecule has 1 aliphatic heterocycles. The van der Waals surface area contributed by atoms with Gasteiger partial charge < -0.3 is 15.2 Å². The number of fused-ring (bicyclic) bond motifs is 1. The molecule has 1 saturated heterocycles. The van der Waals surface area contributed by atoms with Crippen molar-refractivity contribution in [3.63, 3.8) is 0 Å². The smallest absolute Gasteiger partial charge is 0.271 e. The van der Waals surface area contributed by atoms with Crippen LogP contribution in [0.3, 0.4) is 0 Å². The lowest BCUT2D eigenvalue weighted by molar-refractivity contribution is 0.487. The number of aromatic nitrogens is 1. The van der Waals surface area contributed by atoms with Crippen LogP contribution in [-0.2, 0) is 10.0 Å². The van der Waals surface area contributed by atoms with Crippen molar-refractivity contribution < 1.29 is 12.8 Å². The molecule has 1 aromatic heterocycles. The molecule has 4 rings (SSSR count). The van der Waals surface area contributed by atoms with E-state index in [1.165, 1.54) is 26.2 Å². The Labute approximate surface area is 176 Å². The zero-order chi connectivity index (χ0) is 22.0. The fourth-order valence-corrected chi connectivity index (χ4v) is 5.49. The molecule has 2 atom stereocenters. The van der Waals surface area contributed by atoms with E-state index in [9.17, 15) is 13.2 Å². The van der Waals surface area contributed by atoms with Gasteiger partial charge in [0.1, 0.15) is 10.7 Å². The molecule has 2 fully saturated rings. The van der Waals surface area contributed by atoms with Gasteiger partial charge in [-0.1, -0.05) is 0 Å². The Kier molecular flexibility index (Phi) is 5.19. The molecule has 30 heavy (non-hydrogen) atoms. The lowest BCUT2D eigenvalue weighted by atomic mass is 10.0. The number of rotatable bonds is 5. The highest BCUT2D eigenvalue weighted by atomic mass is 32.2. The van der Waals surface area contributed by atoms with Crippen molar-refractivity contribution in [2.75, 3.05) is 32.1 Å². The molecular formula is C21H29FN4O3S. The standard InChI is InChI=1S/C21H29FN4O3S/c1-12-19-15(9-17(22)20(12)25-8-7-14(11-25)13(2)23)10-18(30(28,29)24(3)4)21(27)26(19)16-5-6-16/h9-10,13-14,16H,5-8,11,23H2,1-4H3/t13-,14?/m0/s1. The summed E-state index contributed by atoms with van der Waals surface area (Å²) in [5.41, 5.74) is 7.31. The van der Waals surface area contributed by atoms with Crippen LogP contribution < -0.4 is 16.2 Å². The van der Waals surface area contributed by atoms with Gasteiger partial charge in [0.25, 0.3) is 5.56 Å². The topological polar surface area (TPSA) is 88.6 Å². The fraction of sp³-hybridized carbons (Fsp3) is 0.571. The maximum Gasteiger partial charge on any atom is 0.271 e. The Balaban J connectivity index is 1.96. The van der Waals surface area contributed by atoms with E-state index >= 15 is 4.39 Å². The van der Waals surface area contributed by atoms with Crippen LogP contribution in [0.1, 0.15) is 37.8 Å². The second kappa shape index (κ2) is 7.32. The summed E-state index contributed by atoms with van der Waals surface area (Å²) < 4.78 is 43.3. The van der Waals surface area contributed by atoms with E-state index in [1.54, 1.807) is 4.57 Å². The molecule has 0 amide bonds. The van der Waals surface area contributed by atoms with Crippen LogP contribution in [-0.4, -0.2) is 50.5 Å². The zero-order valence-corrected chi connectivity index (χ0v) is 18.7. The van der Waals surface area contributed by atoms with Gasteiger partial charge in [0.15, 0.2) is 0 Å². The molecule has 2 aliphatic rings. The molecule has 1 unspecified atom stereocenters. The highest BCUT2D eigenvalue weighted by molar-refractivity contribution is 7.89. The number of nitrogens with zero attached hydrogens (tertiary/aromatic N) is 3. The van der Waals surface area contributed by atoms with Gasteiger partial charge in [-0.2, -0.15) is 0 Å². The van der Waals surface area contributed by atoms with Crippen LogP contribution in [0.25, 0.3) is 10.9 Å². The predicted octanol–water partition coefficient (Wildman–Crippen LogP) is 2.21. The van der Waals surface area contributed by atoms with Crippen LogP contribution in [0.5, 0.6) is 0 Å². The summed E-state index contributed by atoms with van der Waals surface area (Å²) in [7, 11) is -1.17. The summed E-state index contributed by atoms with van der Waals surface area (Å²) >= 11 is 0. The second-order valence-corrected chi connectivity index (χ2v) is 10.9. The molecule has 1 saturated carbocycles. The normalized spacial score (nSPS) is 21.0. The number of hydrogen-bond acceptors (Lipinski definition) is 5. The predicted molar refractivity (Wildman–Crippen MR) is 116 cm³/mol. The Morgan fingerprint density at radius 3 is 2.43 bits per heavy atom. The number of halogens is 1. The quantitative estimate of drug-likeness (QED) is 0.776. The first-order chi connectivity index (χ1) is 14.0. The number of nitrogens with two attached hydrogens (primary N) is 1. The van der Waals surface area contributed by atoms with Gasteiger partial charge in [0.2, 0.25) is 10.0 Å². The van der Waals surface area contributed by atoms with Crippen molar-refractivity contribution in [3.05, 3.63) is 33.9 Å². The van der Waals surface area contributed by atoms with Crippen LogP contribution in [0.4, 0.5) is 10.1 Å². The average molecular weight is 437 g/mol. The lowest BCUT2D eigenvalue weighted by Gasteiger charge is -2.25. The highest BCUT2D eigenvalue weighted by Gasteiger charge is 2.34. The van der Waals surface area contributed by atoms with E-state index in [4.69, 9.17) is 5.73 Å². The summed E-state index contributed by atoms with van der Waals surface area (Å²) in [4.78, 5) is 15.0. The second-order valence-electron chi connectivity index (χ2n) is 8.83. The van der Waals surface area contributed by atoms with Crippen molar-refractivity contribution in [1.29, 1.82) is 0 Å². The van der Waals surface area contributed by atoms with Gasteiger partial charge in [-0.05, 0) is 56.7 Å². The summed E-state index contributed by atoms with van der Waals surface area (Å²) in [5, 5.41) is 0.434. The molecule has 164 valence electrons. The number of hydrogen-bond donors (Lipinski definition) is 1. The monoisotopic (exact) mass is 436 g/mol. The van der Waals surface area contributed by atoms with E-state index < -0.39 is 21.4 Å². The SMILES string of the molecule is Cc1c(N2CCC([C@H](C)N)C2)c(F)cc2cc(S(=O)(=O)N(C)C)c(=O)n(C3CC3)c12. The van der Waals surface area contributed by atoms with Gasteiger partial charge >= 0.3 is 0 Å². The molecule has 2 aromatic rings. The molecule has 7 nitrogen and oxygen atoms in total. The van der Waals surface area contributed by atoms with Crippen LogP contribution >= 0.6 is 0 Å². The third-order valence-corrected chi connectivity index (χ3v) is 8.21. The van der Waals surface area contributed by atoms with E-state index in [-0.39, 0.29) is 22.9 Å². The van der Waals surface area contributed by atoms with Crippen molar-refractivity contribution in [2.45, 2.75) is 50.1 Å². The molecule has 0 spiro atoms. The van der Waals surface area contributed by atoms with E-state index in [0.717, 1.165) is 23.6 Å². The Morgan fingerprint density at radius 1 is 1.23 bits per heavy atom. The van der Waals surface area contributed by atoms with Gasteiger partial charge in [-0.25, -0.2) is 17.1 Å². The Bertz CT molecular complexity index is 1170. The molecule has 0 bridgehead atoms. The van der Waals surface area contributed by atoms with Crippen molar-refractivity contribution in [2.24, 2.45) is 11.7 Å². The molecule has 1 aliphatic carbocycles. The lowest BCUT2D eigenvalue weighted by Crippen LogP contribution is -2.33. The Hall–Kier alpha value is -1.97. The van der Waals surface area contributed by atoms with E-state index in [1.807, 2.05) is 18.7 Å². The van der Waals surface area contributed by atoms with E-state index in [0.29, 0.717) is 35.2 Å². The van der Waals surface area contributed by atoms with Crippen molar-refractivity contribution in [3.8, 4) is 0 Å². The molecule has 0 radical (unpaired) electrons. The third kappa shape index (κ3) is 3.33. The average Bonchev–Trinajstić information content (AvgIpc) is 3.37. The first kappa shape index (κ1) is 21.3. The molecule has 1 aromatic carbocycles. The van der Waals surface area contributed by atoms with Gasteiger partial charge in [0, 0.05) is 44.7 Å². The summed E-state index contributed by atoms with van der Waals surface area (Å²) in [5.74, 6) is -0.114. The molecular weight excluding hydrogens is 407 g/mol. The van der Waals surface area contributed by atoms with Crippen LogP contribution in [0.2, 0.25) is 0 Å². The molecule has 9 heteroatoms. The van der Waals surface area contributed by atoms with Crippen LogP contribution in [0, 0.1) is 18.7 Å². The number of benzene rings is 1. The maximum absolute atomic E-state index is 15.3. The fourth-order valence-electron chi connectivity index (χ4n) is 4.50. The zero-order valence-electron chi connectivity index (χ0n) is 17.9. The van der Waals surface area contributed by atoms with E-state index in [2.05, 4.69) is 0 Å². The van der Waals surface area contributed by atoms with Gasteiger partial charge in [-0.15, -0.1) is 0 Å². The first-order valence-corrected chi connectivity index (χ1v) is 11.8. The summed E-state index contributed by atoms with van der Waals surface area (Å²) in [6, 6.07) is 2.66. The van der Waals surface area contributed by atoms with Crippen LogP contribution in [0.15, 0.2) is 21.8 Å². The minimum Gasteiger partial charge on any atom is -0.369 e. The van der Waals surface area contributed by atoms with Gasteiger partial charge in [0.05, 0.1) is 11.2 Å². The molecule has 2 N–H and O–H groups in total. The minimum absolute atomic E-state index is 0.0299. The van der Waals surface area contributed by atoms with Crippen molar-refractivity contribution in [1.82, 2.24) is 8.87 Å². The largest absolute Gasteiger partial charge is 0.369 e. The van der Waals surface area contributed by atoms with Gasteiger partial charge in [-0.3, -0.25) is 4.79 Å².